The predicted octanol–water partition coefficient (Wildman–Crippen LogP) is 0.485. The first kappa shape index (κ1) is 18.1. The van der Waals surface area contributed by atoms with Crippen LogP contribution in [0.4, 0.5) is 0 Å². The Kier molecular flexibility index (Phi) is 7.30. The number of amides is 1. The van der Waals surface area contributed by atoms with Crippen LogP contribution >= 0.6 is 11.3 Å². The van der Waals surface area contributed by atoms with Gasteiger partial charge in [0, 0.05) is 24.8 Å². The van der Waals surface area contributed by atoms with Crippen LogP contribution in [0.25, 0.3) is 0 Å². The summed E-state index contributed by atoms with van der Waals surface area (Å²) in [6, 6.07) is 3.05. The Hall–Kier alpha value is -0.960. The van der Waals surface area contributed by atoms with Crippen molar-refractivity contribution in [3.63, 3.8) is 0 Å². The van der Waals surface area contributed by atoms with E-state index < -0.39 is 15.9 Å². The number of carbonyl (C=O) groups excluding carboxylic acids is 1. The van der Waals surface area contributed by atoms with E-state index in [9.17, 15) is 13.2 Å². The molecule has 1 aromatic rings. The molecule has 1 unspecified atom stereocenters. The summed E-state index contributed by atoms with van der Waals surface area (Å²) >= 11 is 1.56. The van der Waals surface area contributed by atoms with Gasteiger partial charge in [0.2, 0.25) is 5.91 Å². The number of methoxy groups -OCH3 is 1. The summed E-state index contributed by atoms with van der Waals surface area (Å²) in [5.41, 5.74) is 5.83. The molecule has 0 radical (unpaired) electrons. The Balaban J connectivity index is 2.65. The molecule has 0 aliphatic carbocycles. The van der Waals surface area contributed by atoms with Crippen molar-refractivity contribution >= 4 is 27.1 Å². The molecular formula is C13H22N2O4S2. The van der Waals surface area contributed by atoms with Gasteiger partial charge in [-0.1, -0.05) is 6.07 Å². The fraction of sp³-hybridized carbons (Fsp3) is 0.615. The maximum Gasteiger partial charge on any atom is 0.239 e. The van der Waals surface area contributed by atoms with Crippen LogP contribution < -0.4 is 5.73 Å². The zero-order valence-electron chi connectivity index (χ0n) is 12.3. The predicted molar refractivity (Wildman–Crippen MR) is 83.9 cm³/mol. The van der Waals surface area contributed by atoms with Crippen molar-refractivity contribution in [3.05, 3.63) is 22.4 Å². The number of hydrogen-bond acceptors (Lipinski definition) is 6. The number of hydrogen-bond donors (Lipinski definition) is 1. The molecule has 0 saturated heterocycles. The van der Waals surface area contributed by atoms with Gasteiger partial charge in [-0.3, -0.25) is 4.79 Å². The van der Waals surface area contributed by atoms with Crippen LogP contribution in [0.1, 0.15) is 11.3 Å². The number of ether oxygens (including phenoxy) is 1. The highest BCUT2D eigenvalue weighted by Gasteiger charge is 2.22. The van der Waals surface area contributed by atoms with Gasteiger partial charge in [-0.05, 0) is 17.9 Å². The van der Waals surface area contributed by atoms with Crippen LogP contribution in [0.15, 0.2) is 17.5 Å². The normalized spacial score (nSPS) is 13.1. The molecule has 6 nitrogen and oxygen atoms in total. The quantitative estimate of drug-likeness (QED) is 0.710. The Bertz CT molecular complexity index is 528. The molecule has 1 amide bonds. The van der Waals surface area contributed by atoms with Crippen LogP contribution in [-0.2, 0) is 25.9 Å². The summed E-state index contributed by atoms with van der Waals surface area (Å²) < 4.78 is 27.3. The van der Waals surface area contributed by atoms with Crippen molar-refractivity contribution in [1.82, 2.24) is 4.90 Å². The second-order valence-corrected chi connectivity index (χ2v) is 8.15. The van der Waals surface area contributed by atoms with Gasteiger partial charge in [0.15, 0.2) is 0 Å². The topological polar surface area (TPSA) is 89.7 Å². The summed E-state index contributed by atoms with van der Waals surface area (Å²) in [5.74, 6) is -0.332. The highest BCUT2D eigenvalue weighted by atomic mass is 32.2. The maximum atomic E-state index is 12.3. The number of thiophene rings is 1. The van der Waals surface area contributed by atoms with E-state index in [1.807, 2.05) is 17.5 Å². The molecule has 8 heteroatoms. The lowest BCUT2D eigenvalue weighted by Gasteiger charge is -2.25. The van der Waals surface area contributed by atoms with E-state index in [1.54, 1.807) is 23.3 Å². The largest absolute Gasteiger partial charge is 0.383 e. The lowest BCUT2D eigenvalue weighted by Crippen LogP contribution is -2.45. The van der Waals surface area contributed by atoms with Gasteiger partial charge < -0.3 is 15.4 Å². The fourth-order valence-electron chi connectivity index (χ4n) is 1.76. The van der Waals surface area contributed by atoms with E-state index in [2.05, 4.69) is 0 Å². The summed E-state index contributed by atoms with van der Waals surface area (Å²) in [7, 11) is -1.55. The third-order valence-corrected chi connectivity index (χ3v) is 4.76. The fourth-order valence-corrected chi connectivity index (χ4v) is 3.16. The van der Waals surface area contributed by atoms with Crippen molar-refractivity contribution in [2.75, 3.05) is 32.3 Å². The molecule has 0 aromatic carbocycles. The Morgan fingerprint density at radius 1 is 1.52 bits per heavy atom. The van der Waals surface area contributed by atoms with E-state index in [4.69, 9.17) is 10.5 Å². The van der Waals surface area contributed by atoms with Crippen molar-refractivity contribution in [1.29, 1.82) is 0 Å². The molecule has 21 heavy (non-hydrogen) atoms. The van der Waals surface area contributed by atoms with Crippen molar-refractivity contribution in [3.8, 4) is 0 Å². The minimum atomic E-state index is -3.12. The van der Waals surface area contributed by atoms with Gasteiger partial charge >= 0.3 is 0 Å². The van der Waals surface area contributed by atoms with Crippen molar-refractivity contribution in [2.45, 2.75) is 19.0 Å². The Labute approximate surface area is 129 Å². The zero-order chi connectivity index (χ0) is 15.9. The molecule has 0 spiro atoms. The average molecular weight is 334 g/mol. The Morgan fingerprint density at radius 3 is 2.76 bits per heavy atom. The summed E-state index contributed by atoms with van der Waals surface area (Å²) in [5, 5.41) is 1.94. The summed E-state index contributed by atoms with van der Waals surface area (Å²) in [6.07, 6.45) is 1.27. The molecule has 2 N–H and O–H groups in total. The van der Waals surface area contributed by atoms with Gasteiger partial charge in [0.05, 0.1) is 24.9 Å². The number of nitrogens with two attached hydrogens (primary N) is 1. The molecule has 1 atom stereocenters. The van der Waals surface area contributed by atoms with E-state index in [0.717, 1.165) is 11.1 Å². The van der Waals surface area contributed by atoms with Gasteiger partial charge in [-0.15, -0.1) is 11.3 Å². The van der Waals surface area contributed by atoms with Crippen LogP contribution in [0.5, 0.6) is 0 Å². The molecule has 0 aliphatic heterocycles. The van der Waals surface area contributed by atoms with E-state index in [-0.39, 0.29) is 18.1 Å². The Morgan fingerprint density at radius 2 is 2.24 bits per heavy atom. The monoisotopic (exact) mass is 334 g/mol. The van der Waals surface area contributed by atoms with Crippen LogP contribution in [0.3, 0.4) is 0 Å². The van der Waals surface area contributed by atoms with Gasteiger partial charge in [0.1, 0.15) is 9.84 Å². The second-order valence-electron chi connectivity index (χ2n) is 4.86. The van der Waals surface area contributed by atoms with Crippen LogP contribution in [0, 0.1) is 0 Å². The van der Waals surface area contributed by atoms with Gasteiger partial charge in [0.25, 0.3) is 0 Å². The van der Waals surface area contributed by atoms with E-state index >= 15 is 0 Å². The molecule has 1 aromatic heterocycles. The number of sulfone groups is 1. The van der Waals surface area contributed by atoms with Crippen molar-refractivity contribution in [2.24, 2.45) is 5.73 Å². The minimum Gasteiger partial charge on any atom is -0.383 e. The van der Waals surface area contributed by atoms with E-state index in [1.165, 1.54) is 0 Å². The molecule has 0 bridgehead atoms. The lowest BCUT2D eigenvalue weighted by molar-refractivity contribution is -0.133. The third kappa shape index (κ3) is 7.03. The van der Waals surface area contributed by atoms with Crippen molar-refractivity contribution < 1.29 is 17.9 Å². The third-order valence-electron chi connectivity index (χ3n) is 2.92. The average Bonchev–Trinajstić information content (AvgIpc) is 2.92. The lowest BCUT2D eigenvalue weighted by atomic mass is 10.2. The number of nitrogens with zero attached hydrogens (tertiary/aromatic N) is 1. The summed E-state index contributed by atoms with van der Waals surface area (Å²) in [6.45, 7) is 1.31. The molecule has 1 rings (SSSR count). The standard InChI is InChI=1S/C13H22N2O4S2/c1-19-7-6-15(10-11-4-3-8-20-11)13(16)12(14)5-9-21(2,17)18/h3-4,8,12H,5-7,9-10,14H2,1-2H3. The zero-order valence-corrected chi connectivity index (χ0v) is 14.0. The number of rotatable bonds is 9. The SMILES string of the molecule is COCCN(Cc1cccs1)C(=O)C(N)CCS(C)(=O)=O. The first-order valence-corrected chi connectivity index (χ1v) is 9.51. The highest BCUT2D eigenvalue weighted by molar-refractivity contribution is 7.90. The van der Waals surface area contributed by atoms with Gasteiger partial charge in [-0.25, -0.2) is 8.42 Å². The highest BCUT2D eigenvalue weighted by Crippen LogP contribution is 2.13. The molecule has 0 saturated carbocycles. The molecule has 120 valence electrons. The smallest absolute Gasteiger partial charge is 0.239 e. The molecule has 0 fully saturated rings. The molecular weight excluding hydrogens is 312 g/mol. The molecule has 1 heterocycles. The first-order chi connectivity index (χ1) is 9.83. The minimum absolute atomic E-state index is 0.0863. The van der Waals surface area contributed by atoms with E-state index in [0.29, 0.717) is 19.7 Å². The van der Waals surface area contributed by atoms with Gasteiger partial charge in [-0.2, -0.15) is 0 Å². The number of carbonyl (C=O) groups is 1. The first-order valence-electron chi connectivity index (χ1n) is 6.57. The maximum absolute atomic E-state index is 12.3. The van der Waals surface area contributed by atoms with Crippen LogP contribution in [-0.4, -0.2) is 57.5 Å². The summed E-state index contributed by atoms with van der Waals surface area (Å²) in [4.78, 5) is 15.0. The van der Waals surface area contributed by atoms with Crippen LogP contribution in [0.2, 0.25) is 0 Å². The molecule has 0 aliphatic rings. The second kappa shape index (κ2) is 8.47.